The Bertz CT molecular complexity index is 1580. The SMILES string of the molecule is Cc1ccc(N2C(=O)[C@@H]3C4C=CC(c5ccccc5)([C@@H]3C2=O)[C@H]2C(=O)N(c3ccc(C)cc3C)C(=O)[C@H]42)c(C)c1. The first-order valence-electron chi connectivity index (χ1n) is 13.8. The molecule has 200 valence electrons. The smallest absolute Gasteiger partial charge is 0.238 e. The lowest BCUT2D eigenvalue weighted by Crippen LogP contribution is -2.60. The second kappa shape index (κ2) is 8.34. The zero-order valence-electron chi connectivity index (χ0n) is 22.9. The van der Waals surface area contributed by atoms with Gasteiger partial charge >= 0.3 is 0 Å². The molecule has 2 saturated heterocycles. The van der Waals surface area contributed by atoms with E-state index in [4.69, 9.17) is 0 Å². The number of benzene rings is 3. The maximum absolute atomic E-state index is 14.4. The fourth-order valence-corrected chi connectivity index (χ4v) is 8.07. The number of hydrogen-bond acceptors (Lipinski definition) is 4. The quantitative estimate of drug-likeness (QED) is 0.354. The summed E-state index contributed by atoms with van der Waals surface area (Å²) in [6.45, 7) is 7.74. The molecule has 4 amide bonds. The number of carbonyl (C=O) groups is 4. The summed E-state index contributed by atoms with van der Waals surface area (Å²) in [6, 6.07) is 20.8. The summed E-state index contributed by atoms with van der Waals surface area (Å²) in [5.74, 6) is -4.75. The van der Waals surface area contributed by atoms with E-state index in [0.717, 1.165) is 27.8 Å². The number of carbonyl (C=O) groups excluding carboxylic acids is 4. The van der Waals surface area contributed by atoms with Gasteiger partial charge in [0.15, 0.2) is 0 Å². The van der Waals surface area contributed by atoms with Crippen LogP contribution in [0.4, 0.5) is 11.4 Å². The highest BCUT2D eigenvalue weighted by atomic mass is 16.2. The number of aryl methyl sites for hydroxylation is 4. The number of allylic oxidation sites excluding steroid dienone is 2. The Hall–Kier alpha value is -4.32. The molecule has 6 nitrogen and oxygen atoms in total. The van der Waals surface area contributed by atoms with Crippen molar-refractivity contribution in [1.29, 1.82) is 0 Å². The normalized spacial score (nSPS) is 30.4. The van der Waals surface area contributed by atoms with E-state index in [0.29, 0.717) is 11.4 Å². The molecule has 3 aromatic rings. The molecule has 3 aromatic carbocycles. The Morgan fingerprint density at radius 3 is 1.52 bits per heavy atom. The highest BCUT2D eigenvalue weighted by molar-refractivity contribution is 6.27. The molecule has 40 heavy (non-hydrogen) atoms. The van der Waals surface area contributed by atoms with Crippen molar-refractivity contribution >= 4 is 35.0 Å². The molecule has 6 heteroatoms. The number of imide groups is 2. The topological polar surface area (TPSA) is 74.8 Å². The molecule has 3 aliphatic carbocycles. The highest BCUT2D eigenvalue weighted by Gasteiger charge is 2.75. The van der Waals surface area contributed by atoms with Crippen molar-refractivity contribution in [2.24, 2.45) is 29.6 Å². The predicted octanol–water partition coefficient (Wildman–Crippen LogP) is 4.97. The molecule has 0 N–H and O–H groups in total. The first-order valence-corrected chi connectivity index (χ1v) is 13.8. The molecule has 2 aliphatic heterocycles. The number of anilines is 2. The van der Waals surface area contributed by atoms with Gasteiger partial charge in [-0.3, -0.25) is 19.2 Å². The average molecular weight is 531 g/mol. The summed E-state index contributed by atoms with van der Waals surface area (Å²) in [5, 5.41) is 0. The largest absolute Gasteiger partial charge is 0.274 e. The van der Waals surface area contributed by atoms with Crippen LogP contribution in [-0.2, 0) is 24.6 Å². The molecule has 5 aliphatic rings. The summed E-state index contributed by atoms with van der Waals surface area (Å²) in [7, 11) is 0. The van der Waals surface area contributed by atoms with Crippen LogP contribution in [0.15, 0.2) is 78.9 Å². The molecule has 2 bridgehead atoms. The first kappa shape index (κ1) is 24.7. The van der Waals surface area contributed by atoms with Gasteiger partial charge in [-0.05, 0) is 56.5 Å². The molecule has 1 saturated carbocycles. The van der Waals surface area contributed by atoms with Crippen LogP contribution in [0.3, 0.4) is 0 Å². The maximum Gasteiger partial charge on any atom is 0.238 e. The zero-order valence-corrected chi connectivity index (χ0v) is 22.9. The van der Waals surface area contributed by atoms with Gasteiger partial charge in [-0.15, -0.1) is 0 Å². The standard InChI is InChI=1S/C34H30N2O4/c1-18-10-12-24(20(3)16-18)35-30(37)26-23-14-15-34(28(26)32(35)39,22-8-6-5-7-9-22)29-27(23)31(38)36(33(29)40)25-13-11-19(2)17-21(25)4/h5-17,23,26-29H,1-4H3/t23?,26-,27-,28-,29+,34?/m1/s1. The fraction of sp³-hybridized carbons (Fsp3) is 0.294. The monoisotopic (exact) mass is 530 g/mol. The van der Waals surface area contributed by atoms with Gasteiger partial charge in [0.1, 0.15) is 0 Å². The molecular weight excluding hydrogens is 500 g/mol. The molecule has 2 heterocycles. The number of nitrogens with zero attached hydrogens (tertiary/aromatic N) is 2. The van der Waals surface area contributed by atoms with E-state index >= 15 is 0 Å². The van der Waals surface area contributed by atoms with Crippen molar-refractivity contribution in [3.8, 4) is 0 Å². The van der Waals surface area contributed by atoms with E-state index < -0.39 is 35.0 Å². The van der Waals surface area contributed by atoms with Gasteiger partial charge in [-0.25, -0.2) is 9.80 Å². The van der Waals surface area contributed by atoms with E-state index in [1.807, 2.05) is 107 Å². The minimum absolute atomic E-state index is 0.291. The number of hydrogen-bond donors (Lipinski definition) is 0. The lowest BCUT2D eigenvalue weighted by atomic mass is 9.45. The van der Waals surface area contributed by atoms with Crippen molar-refractivity contribution in [3.63, 3.8) is 0 Å². The van der Waals surface area contributed by atoms with Crippen molar-refractivity contribution in [2.45, 2.75) is 33.1 Å². The predicted molar refractivity (Wildman–Crippen MR) is 152 cm³/mol. The van der Waals surface area contributed by atoms with Crippen LogP contribution in [0.25, 0.3) is 0 Å². The maximum atomic E-state index is 14.4. The van der Waals surface area contributed by atoms with E-state index in [1.165, 1.54) is 9.80 Å². The van der Waals surface area contributed by atoms with Crippen LogP contribution in [0.2, 0.25) is 0 Å². The van der Waals surface area contributed by atoms with Gasteiger partial charge in [-0.1, -0.05) is 77.9 Å². The van der Waals surface area contributed by atoms with E-state index in [-0.39, 0.29) is 23.6 Å². The van der Waals surface area contributed by atoms with Crippen molar-refractivity contribution in [3.05, 3.63) is 107 Å². The molecule has 2 unspecified atom stereocenters. The van der Waals surface area contributed by atoms with Crippen molar-refractivity contribution < 1.29 is 19.2 Å². The third kappa shape index (κ3) is 2.99. The average Bonchev–Trinajstić information content (AvgIpc) is 3.37. The first-order chi connectivity index (χ1) is 19.2. The Labute approximate surface area is 233 Å². The minimum Gasteiger partial charge on any atom is -0.274 e. The molecule has 0 spiro atoms. The minimum atomic E-state index is -1.12. The second-order valence-corrected chi connectivity index (χ2v) is 11.8. The van der Waals surface area contributed by atoms with Crippen LogP contribution < -0.4 is 9.80 Å². The lowest BCUT2D eigenvalue weighted by molar-refractivity contribution is -0.140. The molecule has 3 fully saturated rings. The zero-order chi connectivity index (χ0) is 28.1. The van der Waals surface area contributed by atoms with Crippen molar-refractivity contribution in [2.75, 3.05) is 9.80 Å². The third-order valence-corrected chi connectivity index (χ3v) is 9.62. The van der Waals surface area contributed by atoms with Gasteiger partial charge in [0, 0.05) is 11.3 Å². The van der Waals surface area contributed by atoms with Gasteiger partial charge in [0.25, 0.3) is 0 Å². The summed E-state index contributed by atoms with van der Waals surface area (Å²) in [4.78, 5) is 60.0. The summed E-state index contributed by atoms with van der Waals surface area (Å²) in [6.07, 6.45) is 3.89. The van der Waals surface area contributed by atoms with E-state index in [2.05, 4.69) is 0 Å². The Kier molecular flexibility index (Phi) is 5.15. The summed E-state index contributed by atoms with van der Waals surface area (Å²) < 4.78 is 0. The number of amides is 4. The van der Waals surface area contributed by atoms with Gasteiger partial charge < -0.3 is 0 Å². The fourth-order valence-electron chi connectivity index (χ4n) is 8.07. The highest BCUT2D eigenvalue weighted by Crippen LogP contribution is 2.65. The van der Waals surface area contributed by atoms with Gasteiger partial charge in [-0.2, -0.15) is 0 Å². The molecule has 8 rings (SSSR count). The van der Waals surface area contributed by atoms with E-state index in [1.54, 1.807) is 0 Å². The second-order valence-electron chi connectivity index (χ2n) is 11.8. The molecule has 0 radical (unpaired) electrons. The van der Waals surface area contributed by atoms with Crippen LogP contribution in [-0.4, -0.2) is 23.6 Å². The Morgan fingerprint density at radius 2 is 1.07 bits per heavy atom. The third-order valence-electron chi connectivity index (χ3n) is 9.62. The van der Waals surface area contributed by atoms with Crippen LogP contribution >= 0.6 is 0 Å². The molecule has 6 atom stereocenters. The summed E-state index contributed by atoms with van der Waals surface area (Å²) >= 11 is 0. The Balaban J connectivity index is 1.43. The van der Waals surface area contributed by atoms with Crippen LogP contribution in [0.5, 0.6) is 0 Å². The molecular formula is C34H30N2O4. The van der Waals surface area contributed by atoms with Gasteiger partial charge in [0.2, 0.25) is 23.6 Å². The van der Waals surface area contributed by atoms with Gasteiger partial charge in [0.05, 0.1) is 35.0 Å². The number of rotatable bonds is 3. The Morgan fingerprint density at radius 1 is 0.600 bits per heavy atom. The van der Waals surface area contributed by atoms with E-state index in [9.17, 15) is 19.2 Å². The van der Waals surface area contributed by atoms with Crippen LogP contribution in [0.1, 0.15) is 27.8 Å². The van der Waals surface area contributed by atoms with Crippen molar-refractivity contribution in [1.82, 2.24) is 0 Å². The summed E-state index contributed by atoms with van der Waals surface area (Å²) in [5.41, 5.74) is 4.54. The van der Waals surface area contributed by atoms with Crippen LogP contribution in [0, 0.1) is 57.3 Å². The molecule has 0 aromatic heterocycles. The lowest BCUT2D eigenvalue weighted by Gasteiger charge is -2.53.